The summed E-state index contributed by atoms with van der Waals surface area (Å²) < 4.78 is 0. The molecule has 1 atom stereocenters. The summed E-state index contributed by atoms with van der Waals surface area (Å²) in [6.45, 7) is 9.99. The van der Waals surface area contributed by atoms with Crippen LogP contribution in [0.3, 0.4) is 0 Å². The molecular formula is C15H26N2. The van der Waals surface area contributed by atoms with Crippen LogP contribution in [0.25, 0.3) is 0 Å². The van der Waals surface area contributed by atoms with Crippen molar-refractivity contribution in [3.63, 3.8) is 0 Å². The highest BCUT2D eigenvalue weighted by atomic mass is 15.1. The van der Waals surface area contributed by atoms with E-state index in [1.54, 1.807) is 0 Å². The molecule has 1 aromatic carbocycles. The van der Waals surface area contributed by atoms with Gasteiger partial charge in [-0.15, -0.1) is 0 Å². The van der Waals surface area contributed by atoms with Crippen molar-refractivity contribution in [2.45, 2.75) is 33.7 Å². The largest absolute Gasteiger partial charge is 0.378 e. The SMILES string of the molecule is CCNC(c1ccc(N(C)C)cc1)C(C)(C)C. The third-order valence-corrected chi connectivity index (χ3v) is 3.02. The topological polar surface area (TPSA) is 15.3 Å². The maximum atomic E-state index is 3.57. The van der Waals surface area contributed by atoms with E-state index >= 15 is 0 Å². The summed E-state index contributed by atoms with van der Waals surface area (Å²) in [6, 6.07) is 9.24. The van der Waals surface area contributed by atoms with Gasteiger partial charge in [-0.2, -0.15) is 0 Å². The average molecular weight is 234 g/mol. The van der Waals surface area contributed by atoms with E-state index in [-0.39, 0.29) is 5.41 Å². The number of anilines is 1. The molecule has 0 amide bonds. The first-order valence-corrected chi connectivity index (χ1v) is 6.37. The summed E-state index contributed by atoms with van der Waals surface area (Å²) in [6.07, 6.45) is 0. The number of rotatable bonds is 4. The smallest absolute Gasteiger partial charge is 0.0369 e. The van der Waals surface area contributed by atoms with E-state index in [1.165, 1.54) is 11.3 Å². The molecule has 0 bridgehead atoms. The number of nitrogens with one attached hydrogen (secondary N) is 1. The van der Waals surface area contributed by atoms with Crippen molar-refractivity contribution in [3.8, 4) is 0 Å². The molecule has 0 aliphatic carbocycles. The fraction of sp³-hybridized carbons (Fsp3) is 0.600. The number of nitrogens with zero attached hydrogens (tertiary/aromatic N) is 1. The molecule has 1 N–H and O–H groups in total. The van der Waals surface area contributed by atoms with Crippen molar-refractivity contribution in [2.75, 3.05) is 25.5 Å². The van der Waals surface area contributed by atoms with E-state index in [4.69, 9.17) is 0 Å². The summed E-state index contributed by atoms with van der Waals surface area (Å²) in [7, 11) is 4.14. The minimum atomic E-state index is 0.232. The molecule has 0 heterocycles. The van der Waals surface area contributed by atoms with Gasteiger partial charge in [0.1, 0.15) is 0 Å². The molecule has 1 rings (SSSR count). The van der Waals surface area contributed by atoms with Gasteiger partial charge in [-0.25, -0.2) is 0 Å². The normalized spacial score (nSPS) is 13.5. The lowest BCUT2D eigenvalue weighted by atomic mass is 9.82. The fourth-order valence-electron chi connectivity index (χ4n) is 2.09. The molecule has 2 nitrogen and oxygen atoms in total. The highest BCUT2D eigenvalue weighted by Gasteiger charge is 2.25. The Labute approximate surface area is 106 Å². The van der Waals surface area contributed by atoms with E-state index in [1.807, 2.05) is 0 Å². The van der Waals surface area contributed by atoms with E-state index in [0.29, 0.717) is 6.04 Å². The van der Waals surface area contributed by atoms with Crippen LogP contribution in [0.1, 0.15) is 39.3 Å². The van der Waals surface area contributed by atoms with E-state index in [9.17, 15) is 0 Å². The van der Waals surface area contributed by atoms with Crippen LogP contribution in [0.5, 0.6) is 0 Å². The quantitative estimate of drug-likeness (QED) is 0.858. The number of hydrogen-bond donors (Lipinski definition) is 1. The van der Waals surface area contributed by atoms with Crippen molar-refractivity contribution >= 4 is 5.69 Å². The Kier molecular flexibility index (Phi) is 4.58. The number of benzene rings is 1. The molecule has 0 radical (unpaired) electrons. The summed E-state index contributed by atoms with van der Waals surface area (Å²) in [5.74, 6) is 0. The van der Waals surface area contributed by atoms with Crippen LogP contribution in [0, 0.1) is 5.41 Å². The van der Waals surface area contributed by atoms with Crippen LogP contribution < -0.4 is 10.2 Å². The number of hydrogen-bond acceptors (Lipinski definition) is 2. The molecular weight excluding hydrogens is 208 g/mol. The molecule has 0 saturated heterocycles. The molecule has 0 aliphatic rings. The van der Waals surface area contributed by atoms with Gasteiger partial charge in [0, 0.05) is 25.8 Å². The highest BCUT2D eigenvalue weighted by Crippen LogP contribution is 2.33. The van der Waals surface area contributed by atoms with Crippen molar-refractivity contribution in [3.05, 3.63) is 29.8 Å². The third-order valence-electron chi connectivity index (χ3n) is 3.02. The lowest BCUT2D eigenvalue weighted by Crippen LogP contribution is -2.32. The Bertz CT molecular complexity index is 333. The van der Waals surface area contributed by atoms with Crippen molar-refractivity contribution in [1.82, 2.24) is 5.32 Å². The zero-order valence-electron chi connectivity index (χ0n) is 12.0. The molecule has 96 valence electrons. The van der Waals surface area contributed by atoms with Crippen LogP contribution in [0.15, 0.2) is 24.3 Å². The zero-order chi connectivity index (χ0) is 13.1. The molecule has 0 fully saturated rings. The maximum absolute atomic E-state index is 3.57. The lowest BCUT2D eigenvalue weighted by molar-refractivity contribution is 0.277. The van der Waals surface area contributed by atoms with Gasteiger partial charge in [-0.3, -0.25) is 0 Å². The van der Waals surface area contributed by atoms with Gasteiger partial charge in [0.2, 0.25) is 0 Å². The summed E-state index contributed by atoms with van der Waals surface area (Å²) in [5, 5.41) is 3.57. The van der Waals surface area contributed by atoms with Gasteiger partial charge in [0.25, 0.3) is 0 Å². The first-order chi connectivity index (χ1) is 7.86. The van der Waals surface area contributed by atoms with E-state index in [0.717, 1.165) is 6.54 Å². The highest BCUT2D eigenvalue weighted by molar-refractivity contribution is 5.46. The van der Waals surface area contributed by atoms with Crippen LogP contribution in [-0.4, -0.2) is 20.6 Å². The standard InChI is InChI=1S/C15H26N2/c1-7-16-14(15(2,3)4)12-8-10-13(11-9-12)17(5)6/h8-11,14,16H,7H2,1-6H3. The monoisotopic (exact) mass is 234 g/mol. The van der Waals surface area contributed by atoms with Crippen LogP contribution in [-0.2, 0) is 0 Å². The molecule has 1 unspecified atom stereocenters. The van der Waals surface area contributed by atoms with Gasteiger partial charge in [0.15, 0.2) is 0 Å². The van der Waals surface area contributed by atoms with Crippen LogP contribution >= 0.6 is 0 Å². The summed E-state index contributed by atoms with van der Waals surface area (Å²) in [5.41, 5.74) is 2.85. The fourth-order valence-corrected chi connectivity index (χ4v) is 2.09. The second-order valence-corrected chi connectivity index (χ2v) is 5.84. The zero-order valence-corrected chi connectivity index (χ0v) is 12.0. The molecule has 0 aromatic heterocycles. The van der Waals surface area contributed by atoms with Crippen LogP contribution in [0.4, 0.5) is 5.69 Å². The summed E-state index contributed by atoms with van der Waals surface area (Å²) in [4.78, 5) is 2.13. The predicted octanol–water partition coefficient (Wildman–Crippen LogP) is 3.45. The Morgan fingerprint density at radius 3 is 2.00 bits per heavy atom. The Morgan fingerprint density at radius 2 is 1.65 bits per heavy atom. The summed E-state index contributed by atoms with van der Waals surface area (Å²) >= 11 is 0. The first-order valence-electron chi connectivity index (χ1n) is 6.37. The minimum Gasteiger partial charge on any atom is -0.378 e. The minimum absolute atomic E-state index is 0.232. The maximum Gasteiger partial charge on any atom is 0.0369 e. The van der Waals surface area contributed by atoms with Gasteiger partial charge in [0.05, 0.1) is 0 Å². The van der Waals surface area contributed by atoms with Crippen molar-refractivity contribution in [1.29, 1.82) is 0 Å². The third kappa shape index (κ3) is 3.74. The van der Waals surface area contributed by atoms with Crippen molar-refractivity contribution < 1.29 is 0 Å². The van der Waals surface area contributed by atoms with Gasteiger partial charge in [-0.05, 0) is 29.7 Å². The second kappa shape index (κ2) is 5.54. The van der Waals surface area contributed by atoms with Crippen molar-refractivity contribution in [2.24, 2.45) is 5.41 Å². The lowest BCUT2D eigenvalue weighted by Gasteiger charge is -2.32. The average Bonchev–Trinajstić information content (AvgIpc) is 2.24. The van der Waals surface area contributed by atoms with E-state index < -0.39 is 0 Å². The van der Waals surface area contributed by atoms with Gasteiger partial charge >= 0.3 is 0 Å². The predicted molar refractivity (Wildman–Crippen MR) is 76.6 cm³/mol. The molecule has 0 aliphatic heterocycles. The Morgan fingerprint density at radius 1 is 1.12 bits per heavy atom. The van der Waals surface area contributed by atoms with Gasteiger partial charge < -0.3 is 10.2 Å². The van der Waals surface area contributed by atoms with E-state index in [2.05, 4.69) is 76.3 Å². The van der Waals surface area contributed by atoms with Crippen LogP contribution in [0.2, 0.25) is 0 Å². The Hall–Kier alpha value is -1.02. The molecule has 17 heavy (non-hydrogen) atoms. The molecule has 0 spiro atoms. The Balaban J connectivity index is 2.95. The first kappa shape index (κ1) is 14.0. The molecule has 2 heteroatoms. The molecule has 0 saturated carbocycles. The van der Waals surface area contributed by atoms with Gasteiger partial charge in [-0.1, -0.05) is 39.8 Å². The molecule has 1 aromatic rings. The second-order valence-electron chi connectivity index (χ2n) is 5.84.